The minimum absolute atomic E-state index is 0.0614. The zero-order chi connectivity index (χ0) is 18.3. The standard InChI is InChI=1S/C16H22F3N3O2/c1-4-22(15(24)16(17,18)19)10-12-6-5-7-13(8-12)21-14(23)11(2)9-20-3/h5-8,11,20H,4,9-10H2,1-3H3,(H,21,23). The lowest BCUT2D eigenvalue weighted by Gasteiger charge is -2.22. The van der Waals surface area contributed by atoms with Gasteiger partial charge in [-0.05, 0) is 31.7 Å². The van der Waals surface area contributed by atoms with Crippen LogP contribution in [-0.4, -0.2) is 43.0 Å². The largest absolute Gasteiger partial charge is 0.471 e. The number of nitrogens with zero attached hydrogens (tertiary/aromatic N) is 1. The van der Waals surface area contributed by atoms with Crippen LogP contribution in [0.25, 0.3) is 0 Å². The van der Waals surface area contributed by atoms with Crippen molar-refractivity contribution in [1.29, 1.82) is 0 Å². The van der Waals surface area contributed by atoms with Crippen LogP contribution in [0.15, 0.2) is 24.3 Å². The summed E-state index contributed by atoms with van der Waals surface area (Å²) < 4.78 is 37.6. The van der Waals surface area contributed by atoms with Crippen LogP contribution in [0.4, 0.5) is 18.9 Å². The number of benzene rings is 1. The lowest BCUT2D eigenvalue weighted by molar-refractivity contribution is -0.185. The SMILES string of the molecule is CCN(Cc1cccc(NC(=O)C(C)CNC)c1)C(=O)C(F)(F)F. The van der Waals surface area contributed by atoms with E-state index in [2.05, 4.69) is 10.6 Å². The fraction of sp³-hybridized carbons (Fsp3) is 0.500. The van der Waals surface area contributed by atoms with Crippen LogP contribution in [-0.2, 0) is 16.1 Å². The third kappa shape index (κ3) is 5.84. The van der Waals surface area contributed by atoms with E-state index in [-0.39, 0.29) is 24.9 Å². The van der Waals surface area contributed by atoms with E-state index in [4.69, 9.17) is 0 Å². The summed E-state index contributed by atoms with van der Waals surface area (Å²) >= 11 is 0. The monoisotopic (exact) mass is 345 g/mol. The van der Waals surface area contributed by atoms with Crippen LogP contribution in [0, 0.1) is 5.92 Å². The molecule has 0 saturated carbocycles. The van der Waals surface area contributed by atoms with Crippen LogP contribution in [0.2, 0.25) is 0 Å². The summed E-state index contributed by atoms with van der Waals surface area (Å²) in [6.07, 6.45) is -4.90. The van der Waals surface area contributed by atoms with Crippen molar-refractivity contribution < 1.29 is 22.8 Å². The highest BCUT2D eigenvalue weighted by Gasteiger charge is 2.41. The second-order valence-electron chi connectivity index (χ2n) is 5.47. The van der Waals surface area contributed by atoms with Gasteiger partial charge in [-0.1, -0.05) is 19.1 Å². The van der Waals surface area contributed by atoms with Crippen LogP contribution in [0.3, 0.4) is 0 Å². The first-order valence-corrected chi connectivity index (χ1v) is 7.59. The maximum absolute atomic E-state index is 12.5. The Bertz CT molecular complexity index is 576. The smallest absolute Gasteiger partial charge is 0.331 e. The van der Waals surface area contributed by atoms with E-state index in [1.807, 2.05) is 0 Å². The molecule has 5 nitrogen and oxygen atoms in total. The number of carbonyl (C=O) groups excluding carboxylic acids is 2. The van der Waals surface area contributed by atoms with Gasteiger partial charge in [-0.25, -0.2) is 0 Å². The molecule has 0 aliphatic heterocycles. The van der Waals surface area contributed by atoms with Gasteiger partial charge in [0.15, 0.2) is 0 Å². The molecule has 0 aromatic heterocycles. The normalized spacial score (nSPS) is 12.6. The Hall–Kier alpha value is -2.09. The molecular weight excluding hydrogens is 323 g/mol. The molecule has 1 rings (SSSR count). The Morgan fingerprint density at radius 1 is 1.29 bits per heavy atom. The molecule has 1 atom stereocenters. The molecular formula is C16H22F3N3O2. The number of alkyl halides is 3. The predicted molar refractivity (Wildman–Crippen MR) is 85.3 cm³/mol. The van der Waals surface area contributed by atoms with Crippen molar-refractivity contribution in [2.24, 2.45) is 5.92 Å². The summed E-state index contributed by atoms with van der Waals surface area (Å²) in [5, 5.41) is 5.61. The van der Waals surface area contributed by atoms with Crippen molar-refractivity contribution in [3.63, 3.8) is 0 Å². The molecule has 2 amide bonds. The number of nitrogens with one attached hydrogen (secondary N) is 2. The highest BCUT2D eigenvalue weighted by Crippen LogP contribution is 2.21. The van der Waals surface area contributed by atoms with E-state index < -0.39 is 12.1 Å². The molecule has 0 aliphatic carbocycles. The summed E-state index contributed by atoms with van der Waals surface area (Å²) in [7, 11) is 1.74. The number of amides is 2. The maximum Gasteiger partial charge on any atom is 0.471 e. The highest BCUT2D eigenvalue weighted by atomic mass is 19.4. The van der Waals surface area contributed by atoms with Crippen LogP contribution in [0.5, 0.6) is 0 Å². The summed E-state index contributed by atoms with van der Waals surface area (Å²) in [6, 6.07) is 6.45. The van der Waals surface area contributed by atoms with Crippen molar-refractivity contribution in [2.45, 2.75) is 26.6 Å². The zero-order valence-electron chi connectivity index (χ0n) is 13.9. The molecule has 0 saturated heterocycles. The second-order valence-corrected chi connectivity index (χ2v) is 5.47. The van der Waals surface area contributed by atoms with Gasteiger partial charge in [-0.2, -0.15) is 13.2 Å². The van der Waals surface area contributed by atoms with Gasteiger partial charge in [-0.3, -0.25) is 9.59 Å². The maximum atomic E-state index is 12.5. The molecule has 8 heteroatoms. The number of hydrogen-bond acceptors (Lipinski definition) is 3. The van der Waals surface area contributed by atoms with Gasteiger partial charge in [-0.15, -0.1) is 0 Å². The number of anilines is 1. The molecule has 0 bridgehead atoms. The first kappa shape index (κ1) is 20.0. The third-order valence-corrected chi connectivity index (χ3v) is 3.44. The van der Waals surface area contributed by atoms with Crippen molar-refractivity contribution in [1.82, 2.24) is 10.2 Å². The van der Waals surface area contributed by atoms with E-state index in [0.29, 0.717) is 22.7 Å². The van der Waals surface area contributed by atoms with Crippen LogP contribution < -0.4 is 10.6 Å². The minimum Gasteiger partial charge on any atom is -0.331 e. The quantitative estimate of drug-likeness (QED) is 0.798. The molecule has 1 aromatic rings. The van der Waals surface area contributed by atoms with Crippen molar-refractivity contribution in [3.8, 4) is 0 Å². The van der Waals surface area contributed by atoms with Crippen molar-refractivity contribution in [2.75, 3.05) is 25.5 Å². The van der Waals surface area contributed by atoms with Gasteiger partial charge in [0.2, 0.25) is 5.91 Å². The molecule has 0 spiro atoms. The summed E-state index contributed by atoms with van der Waals surface area (Å²) in [5.74, 6) is -2.32. The Morgan fingerprint density at radius 2 is 1.96 bits per heavy atom. The number of hydrogen-bond donors (Lipinski definition) is 2. The Balaban J connectivity index is 2.81. The molecule has 0 fully saturated rings. The summed E-state index contributed by atoms with van der Waals surface area (Å²) in [5.41, 5.74) is 0.990. The Morgan fingerprint density at radius 3 is 2.50 bits per heavy atom. The van der Waals surface area contributed by atoms with Gasteiger partial charge in [0.1, 0.15) is 0 Å². The lowest BCUT2D eigenvalue weighted by atomic mass is 10.1. The molecule has 1 aromatic carbocycles. The molecule has 0 radical (unpaired) electrons. The fourth-order valence-corrected chi connectivity index (χ4v) is 2.14. The predicted octanol–water partition coefficient (Wildman–Crippen LogP) is 2.39. The number of rotatable bonds is 7. The van der Waals surface area contributed by atoms with E-state index >= 15 is 0 Å². The molecule has 2 N–H and O–H groups in total. The van der Waals surface area contributed by atoms with Gasteiger partial charge in [0, 0.05) is 31.2 Å². The van der Waals surface area contributed by atoms with Gasteiger partial charge in [0.05, 0.1) is 0 Å². The Kier molecular flexibility index (Phi) is 7.21. The fourth-order valence-electron chi connectivity index (χ4n) is 2.14. The summed E-state index contributed by atoms with van der Waals surface area (Å²) in [6.45, 7) is 3.51. The van der Waals surface area contributed by atoms with Crippen molar-refractivity contribution in [3.05, 3.63) is 29.8 Å². The number of halogens is 3. The lowest BCUT2D eigenvalue weighted by Crippen LogP contribution is -2.40. The molecule has 0 heterocycles. The molecule has 1 unspecified atom stereocenters. The van der Waals surface area contributed by atoms with Gasteiger partial charge < -0.3 is 15.5 Å². The Labute approximate surface area is 139 Å². The molecule has 0 aliphatic rings. The number of carbonyl (C=O) groups is 2. The first-order chi connectivity index (χ1) is 11.2. The highest BCUT2D eigenvalue weighted by molar-refractivity contribution is 5.92. The van der Waals surface area contributed by atoms with E-state index in [0.717, 1.165) is 0 Å². The van der Waals surface area contributed by atoms with E-state index in [1.165, 1.54) is 6.92 Å². The van der Waals surface area contributed by atoms with Crippen LogP contribution in [0.1, 0.15) is 19.4 Å². The zero-order valence-corrected chi connectivity index (χ0v) is 13.9. The third-order valence-electron chi connectivity index (χ3n) is 3.44. The average Bonchev–Trinajstić information content (AvgIpc) is 2.51. The van der Waals surface area contributed by atoms with E-state index in [1.54, 1.807) is 38.2 Å². The average molecular weight is 345 g/mol. The van der Waals surface area contributed by atoms with Gasteiger partial charge >= 0.3 is 12.1 Å². The minimum atomic E-state index is -4.90. The van der Waals surface area contributed by atoms with Crippen molar-refractivity contribution >= 4 is 17.5 Å². The first-order valence-electron chi connectivity index (χ1n) is 7.59. The van der Waals surface area contributed by atoms with Gasteiger partial charge in [0.25, 0.3) is 0 Å². The molecule has 134 valence electrons. The summed E-state index contributed by atoms with van der Waals surface area (Å²) in [4.78, 5) is 24.0. The molecule has 24 heavy (non-hydrogen) atoms. The van der Waals surface area contributed by atoms with E-state index in [9.17, 15) is 22.8 Å². The second kappa shape index (κ2) is 8.68. The topological polar surface area (TPSA) is 61.4 Å². The van der Waals surface area contributed by atoms with Crippen LogP contribution >= 0.6 is 0 Å².